The molecule has 2 aromatic heterocycles. The van der Waals surface area contributed by atoms with E-state index in [1.165, 1.54) is 0 Å². The van der Waals surface area contributed by atoms with Crippen LogP contribution in [0.3, 0.4) is 0 Å². The Labute approximate surface area is 265 Å². The predicted octanol–water partition coefficient (Wildman–Crippen LogP) is 4.53. The summed E-state index contributed by atoms with van der Waals surface area (Å²) in [5.74, 6) is 0. The van der Waals surface area contributed by atoms with E-state index < -0.39 is 12.4 Å². The van der Waals surface area contributed by atoms with Crippen molar-refractivity contribution in [1.82, 2.24) is 40.3 Å². The Kier molecular flexibility index (Phi) is 9.21. The number of nitrogens with one attached hydrogen (secondary N) is 3. The van der Waals surface area contributed by atoms with Crippen molar-refractivity contribution in [2.45, 2.75) is 71.1 Å². The van der Waals surface area contributed by atoms with E-state index in [1.807, 2.05) is 88.6 Å². The molecule has 4 N–H and O–H groups in total. The molecule has 1 fully saturated rings. The maximum atomic E-state index is 12.9. The van der Waals surface area contributed by atoms with Gasteiger partial charge in [0.2, 0.25) is 0 Å². The van der Waals surface area contributed by atoms with E-state index >= 15 is 0 Å². The molecule has 1 saturated heterocycles. The fraction of sp³-hybridized carbons (Fsp3) is 0.485. The maximum absolute atomic E-state index is 12.9. The molecule has 0 saturated carbocycles. The lowest BCUT2D eigenvalue weighted by atomic mass is 9.89. The van der Waals surface area contributed by atoms with Crippen molar-refractivity contribution in [2.24, 2.45) is 7.05 Å². The van der Waals surface area contributed by atoms with Crippen molar-refractivity contribution in [1.29, 1.82) is 0 Å². The van der Waals surface area contributed by atoms with Gasteiger partial charge in [0.1, 0.15) is 0 Å². The molecule has 5 rings (SSSR count). The minimum Gasteiger partial charge on any atom is -0.365 e. The Bertz CT molecular complexity index is 1510. The molecule has 44 heavy (non-hydrogen) atoms. The summed E-state index contributed by atoms with van der Waals surface area (Å²) in [6, 6.07) is 9.41. The molecule has 1 aliphatic heterocycles. The summed E-state index contributed by atoms with van der Waals surface area (Å²) in [6.45, 7) is 14.6. The second-order valence-corrected chi connectivity index (χ2v) is 14.2. The van der Waals surface area contributed by atoms with Crippen molar-refractivity contribution in [3.63, 3.8) is 0 Å². The molecule has 3 heterocycles. The van der Waals surface area contributed by atoms with Crippen LogP contribution < -0.4 is 16.0 Å². The SMILES string of the molecule is Cn1cncc1C(NC(O)NC(C)(C)C)C1=Cc2cccnc2C(N2CCN(C(=O)NC(C)(C)C)CC2)c2ccc(Cl)cc21. The Morgan fingerprint density at radius 3 is 2.43 bits per heavy atom. The average molecular weight is 621 g/mol. The maximum Gasteiger partial charge on any atom is 0.317 e. The molecule has 0 radical (unpaired) electrons. The molecule has 1 aliphatic carbocycles. The van der Waals surface area contributed by atoms with Gasteiger partial charge in [-0.25, -0.2) is 9.78 Å². The van der Waals surface area contributed by atoms with Gasteiger partial charge in [-0.2, -0.15) is 0 Å². The van der Waals surface area contributed by atoms with Crippen LogP contribution in [0.5, 0.6) is 0 Å². The first-order valence-corrected chi connectivity index (χ1v) is 15.5. The van der Waals surface area contributed by atoms with Crippen LogP contribution in [-0.4, -0.2) is 79.1 Å². The first kappa shape index (κ1) is 32.1. The number of imidazole rings is 1. The number of aliphatic hydroxyl groups excluding tert-OH is 1. The molecule has 236 valence electrons. The highest BCUT2D eigenvalue weighted by Crippen LogP contribution is 2.44. The van der Waals surface area contributed by atoms with Gasteiger partial charge in [-0.3, -0.25) is 20.5 Å². The van der Waals surface area contributed by atoms with Gasteiger partial charge >= 0.3 is 6.03 Å². The summed E-state index contributed by atoms with van der Waals surface area (Å²) >= 11 is 6.69. The van der Waals surface area contributed by atoms with Crippen LogP contribution in [-0.2, 0) is 7.05 Å². The number of nitrogens with zero attached hydrogens (tertiary/aromatic N) is 5. The Hall–Kier alpha value is -3.28. The van der Waals surface area contributed by atoms with Crippen molar-refractivity contribution in [2.75, 3.05) is 26.2 Å². The lowest BCUT2D eigenvalue weighted by Gasteiger charge is -2.40. The minimum atomic E-state index is -1.00. The van der Waals surface area contributed by atoms with Gasteiger partial charge in [0.05, 0.1) is 36.0 Å². The number of benzene rings is 1. The second-order valence-electron chi connectivity index (χ2n) is 13.7. The molecule has 3 aromatic rings. The molecule has 10 nitrogen and oxygen atoms in total. The zero-order chi connectivity index (χ0) is 31.8. The third kappa shape index (κ3) is 7.33. The lowest BCUT2D eigenvalue weighted by Crippen LogP contribution is -2.55. The number of carbonyl (C=O) groups is 1. The van der Waals surface area contributed by atoms with Crippen LogP contribution in [0.1, 0.15) is 81.7 Å². The fourth-order valence-corrected chi connectivity index (χ4v) is 6.14. The summed E-state index contributed by atoms with van der Waals surface area (Å²) in [6.07, 6.45) is 6.57. The molecular formula is C33H45ClN8O2. The molecule has 11 heteroatoms. The number of urea groups is 1. The number of aryl methyl sites for hydroxylation is 1. The van der Waals surface area contributed by atoms with Gasteiger partial charge in [-0.1, -0.05) is 23.7 Å². The minimum absolute atomic E-state index is 0.0415. The zero-order valence-corrected chi connectivity index (χ0v) is 27.5. The zero-order valence-electron chi connectivity index (χ0n) is 26.7. The van der Waals surface area contributed by atoms with Gasteiger partial charge in [0, 0.05) is 55.5 Å². The molecule has 2 aliphatic rings. The Morgan fingerprint density at radius 2 is 1.80 bits per heavy atom. The van der Waals surface area contributed by atoms with Crippen molar-refractivity contribution in [3.8, 4) is 0 Å². The largest absolute Gasteiger partial charge is 0.365 e. The number of hydrogen-bond acceptors (Lipinski definition) is 7. The number of pyridine rings is 1. The number of carbonyl (C=O) groups excluding carboxylic acids is 1. The van der Waals surface area contributed by atoms with Crippen LogP contribution in [0, 0.1) is 0 Å². The van der Waals surface area contributed by atoms with Crippen molar-refractivity contribution >= 4 is 29.3 Å². The topological polar surface area (TPSA) is 111 Å². The van der Waals surface area contributed by atoms with E-state index in [0.29, 0.717) is 31.2 Å². The lowest BCUT2D eigenvalue weighted by molar-refractivity contribution is 0.0679. The number of hydrogen-bond donors (Lipinski definition) is 4. The van der Waals surface area contributed by atoms with Crippen LogP contribution in [0.2, 0.25) is 5.02 Å². The summed E-state index contributed by atoms with van der Waals surface area (Å²) in [5.41, 5.74) is 5.17. The monoisotopic (exact) mass is 620 g/mol. The number of rotatable bonds is 6. The van der Waals surface area contributed by atoms with E-state index in [0.717, 1.165) is 33.7 Å². The van der Waals surface area contributed by atoms with Crippen molar-refractivity contribution < 1.29 is 9.90 Å². The normalized spacial score (nSPS) is 19.0. The van der Waals surface area contributed by atoms with Gasteiger partial charge in [-0.15, -0.1) is 0 Å². The van der Waals surface area contributed by atoms with Crippen LogP contribution in [0.15, 0.2) is 49.1 Å². The predicted molar refractivity (Wildman–Crippen MR) is 175 cm³/mol. The number of piperazine rings is 1. The molecule has 3 unspecified atom stereocenters. The first-order valence-electron chi connectivity index (χ1n) is 15.2. The quantitative estimate of drug-likeness (QED) is 0.300. The van der Waals surface area contributed by atoms with Crippen LogP contribution in [0.25, 0.3) is 11.6 Å². The summed E-state index contributed by atoms with van der Waals surface area (Å²) < 4.78 is 1.96. The highest BCUT2D eigenvalue weighted by molar-refractivity contribution is 6.30. The Morgan fingerprint density at radius 1 is 1.07 bits per heavy atom. The average Bonchev–Trinajstić information content (AvgIpc) is 3.30. The van der Waals surface area contributed by atoms with E-state index in [9.17, 15) is 9.90 Å². The molecule has 2 amide bonds. The van der Waals surface area contributed by atoms with E-state index in [2.05, 4.69) is 44.0 Å². The third-order valence-electron chi connectivity index (χ3n) is 7.87. The molecule has 3 atom stereocenters. The second kappa shape index (κ2) is 12.6. The first-order chi connectivity index (χ1) is 20.7. The van der Waals surface area contributed by atoms with E-state index in [4.69, 9.17) is 16.6 Å². The van der Waals surface area contributed by atoms with Gasteiger partial charge < -0.3 is 19.9 Å². The molecule has 0 bridgehead atoms. The van der Waals surface area contributed by atoms with Crippen molar-refractivity contribution in [3.05, 3.63) is 82.2 Å². The number of fused-ring (bicyclic) bond motifs is 2. The van der Waals surface area contributed by atoms with Gasteiger partial charge in [0.25, 0.3) is 0 Å². The Balaban J connectivity index is 1.57. The fourth-order valence-electron chi connectivity index (χ4n) is 5.97. The number of amides is 2. The van der Waals surface area contributed by atoms with Gasteiger partial charge in [-0.05, 0) is 88.1 Å². The number of aromatic nitrogens is 3. The highest BCUT2D eigenvalue weighted by atomic mass is 35.5. The summed E-state index contributed by atoms with van der Waals surface area (Å²) in [5, 5.41) is 21.5. The number of halogens is 1. The van der Waals surface area contributed by atoms with E-state index in [-0.39, 0.29) is 23.2 Å². The standard InChI is InChI=1S/C33H45ClN8O2/c1-32(2,3)38-30(43)37-28(26-19-35-20-40(26)7)25-17-21-9-8-12-36-27(21)29(23-11-10-22(34)18-24(23)25)41-13-15-42(16-14-41)31(44)39-33(4,5)6/h8-12,17-20,28-30,37-38,43H,13-16H2,1-7H3,(H,39,44). The van der Waals surface area contributed by atoms with Crippen LogP contribution in [0.4, 0.5) is 4.79 Å². The third-order valence-corrected chi connectivity index (χ3v) is 8.10. The highest BCUT2D eigenvalue weighted by Gasteiger charge is 2.36. The molecule has 0 spiro atoms. The molecule has 1 aromatic carbocycles. The summed E-state index contributed by atoms with van der Waals surface area (Å²) in [4.78, 5) is 26.6. The number of aliphatic hydroxyl groups is 1. The molecular weight excluding hydrogens is 576 g/mol. The van der Waals surface area contributed by atoms with E-state index in [1.54, 1.807) is 6.33 Å². The van der Waals surface area contributed by atoms with Gasteiger partial charge in [0.15, 0.2) is 6.35 Å². The summed E-state index contributed by atoms with van der Waals surface area (Å²) in [7, 11) is 1.95. The smallest absolute Gasteiger partial charge is 0.317 e. The van der Waals surface area contributed by atoms with Crippen LogP contribution >= 0.6 is 11.6 Å².